The lowest BCUT2D eigenvalue weighted by molar-refractivity contribution is -0.117. The maximum Gasteiger partial charge on any atom is 0.151 e. The molecule has 1 unspecified atom stereocenters. The van der Waals surface area contributed by atoms with Gasteiger partial charge in [0.25, 0.3) is 0 Å². The zero-order chi connectivity index (χ0) is 13.1. The lowest BCUT2D eigenvalue weighted by Gasteiger charge is -2.33. The van der Waals surface area contributed by atoms with Crippen molar-refractivity contribution in [1.82, 2.24) is 4.90 Å². The highest BCUT2D eigenvalue weighted by atomic mass is 32.2. The number of hydrogen-bond donors (Lipinski definition) is 0. The van der Waals surface area contributed by atoms with Gasteiger partial charge >= 0.3 is 0 Å². The molecule has 1 atom stereocenters. The van der Waals surface area contributed by atoms with E-state index in [2.05, 4.69) is 0 Å². The Morgan fingerprint density at radius 3 is 2.29 bits per heavy atom. The molecule has 0 radical (unpaired) electrons. The second-order valence-corrected chi connectivity index (χ2v) is 7.39. The Morgan fingerprint density at radius 1 is 1.35 bits per heavy atom. The van der Waals surface area contributed by atoms with Crippen LogP contribution in [0.5, 0.6) is 0 Å². The normalized spacial score (nSPS) is 24.1. The zero-order valence-electron chi connectivity index (χ0n) is 11.0. The molecular weight excluding hydrogens is 238 g/mol. The van der Waals surface area contributed by atoms with E-state index in [9.17, 15) is 13.2 Å². The van der Waals surface area contributed by atoms with Gasteiger partial charge in [-0.25, -0.2) is 8.42 Å². The van der Waals surface area contributed by atoms with Crippen molar-refractivity contribution in [3.63, 3.8) is 0 Å². The molecule has 100 valence electrons. The smallest absolute Gasteiger partial charge is 0.151 e. The van der Waals surface area contributed by atoms with Crippen molar-refractivity contribution in [3.05, 3.63) is 0 Å². The van der Waals surface area contributed by atoms with E-state index in [0.29, 0.717) is 13.0 Å². The highest BCUT2D eigenvalue weighted by Crippen LogP contribution is 2.27. The van der Waals surface area contributed by atoms with E-state index in [4.69, 9.17) is 0 Å². The summed E-state index contributed by atoms with van der Waals surface area (Å²) in [6, 6.07) is 0.0809. The number of nitrogens with zero attached hydrogens (tertiary/aromatic N) is 1. The fraction of sp³-hybridized carbons (Fsp3) is 0.917. The summed E-state index contributed by atoms with van der Waals surface area (Å²) in [7, 11) is -0.921. The Morgan fingerprint density at radius 2 is 1.94 bits per heavy atom. The van der Waals surface area contributed by atoms with Crippen molar-refractivity contribution >= 4 is 16.1 Å². The molecule has 17 heavy (non-hydrogen) atoms. The largest absolute Gasteiger partial charge is 0.303 e. The summed E-state index contributed by atoms with van der Waals surface area (Å²) in [5.74, 6) is 0.528. The van der Waals surface area contributed by atoms with Crippen LogP contribution in [0.1, 0.15) is 33.1 Å². The molecule has 1 rings (SSSR count). The number of carbonyl (C=O) groups excluding carboxylic acids is 1. The van der Waals surface area contributed by atoms with Gasteiger partial charge in [0, 0.05) is 18.0 Å². The Balaban J connectivity index is 2.66. The average molecular weight is 261 g/mol. The van der Waals surface area contributed by atoms with Crippen LogP contribution in [-0.2, 0) is 14.6 Å². The molecule has 0 bridgehead atoms. The third-order valence-corrected chi connectivity index (χ3v) is 5.80. The molecule has 1 saturated heterocycles. The fourth-order valence-electron chi connectivity index (χ4n) is 2.43. The van der Waals surface area contributed by atoms with Gasteiger partial charge in [-0.3, -0.25) is 0 Å². The molecular formula is C12H23NO3S. The summed E-state index contributed by atoms with van der Waals surface area (Å²) in [4.78, 5) is 13.3. The molecule has 0 aromatic carbocycles. The standard InChI is InChI=1S/C12H23NO3S/c1-4-12(5-2,10-14)9-13(3)11-6-7-17(15,16)8-11/h10-11H,4-9H2,1-3H3. The minimum Gasteiger partial charge on any atom is -0.303 e. The van der Waals surface area contributed by atoms with Gasteiger partial charge < -0.3 is 9.69 Å². The first-order valence-electron chi connectivity index (χ1n) is 6.25. The van der Waals surface area contributed by atoms with Gasteiger partial charge in [-0.2, -0.15) is 0 Å². The first-order valence-corrected chi connectivity index (χ1v) is 8.07. The molecule has 0 spiro atoms. The predicted octanol–water partition coefficient (Wildman–Crippen LogP) is 1.11. The summed E-state index contributed by atoms with van der Waals surface area (Å²) < 4.78 is 22.8. The van der Waals surface area contributed by atoms with Crippen LogP contribution >= 0.6 is 0 Å². The van der Waals surface area contributed by atoms with Crippen molar-refractivity contribution in [2.75, 3.05) is 25.1 Å². The van der Waals surface area contributed by atoms with E-state index in [1.807, 2.05) is 25.8 Å². The van der Waals surface area contributed by atoms with Crippen LogP contribution in [0.3, 0.4) is 0 Å². The lowest BCUT2D eigenvalue weighted by Crippen LogP contribution is -2.42. The van der Waals surface area contributed by atoms with Crippen LogP contribution < -0.4 is 0 Å². The first-order chi connectivity index (χ1) is 7.88. The first kappa shape index (κ1) is 14.6. The summed E-state index contributed by atoms with van der Waals surface area (Å²) in [5, 5.41) is 0. The van der Waals surface area contributed by atoms with Crippen LogP contribution in [0, 0.1) is 5.41 Å². The molecule has 1 heterocycles. The van der Waals surface area contributed by atoms with Crippen molar-refractivity contribution in [2.45, 2.75) is 39.2 Å². The average Bonchev–Trinajstić information content (AvgIpc) is 2.67. The Labute approximate surface area is 104 Å². The Kier molecular flexibility index (Phi) is 4.72. The third kappa shape index (κ3) is 3.52. The molecule has 1 aliphatic rings. The van der Waals surface area contributed by atoms with E-state index in [1.54, 1.807) is 0 Å². The van der Waals surface area contributed by atoms with Gasteiger partial charge in [-0.1, -0.05) is 13.8 Å². The minimum absolute atomic E-state index is 0.0809. The molecule has 4 nitrogen and oxygen atoms in total. The SMILES string of the molecule is CCC(C=O)(CC)CN(C)C1CCS(=O)(=O)C1. The van der Waals surface area contributed by atoms with Crippen molar-refractivity contribution in [3.8, 4) is 0 Å². The molecule has 1 aliphatic heterocycles. The summed E-state index contributed by atoms with van der Waals surface area (Å²) in [6.07, 6.45) is 3.34. The van der Waals surface area contributed by atoms with Gasteiger partial charge in [-0.05, 0) is 26.3 Å². The number of rotatable bonds is 6. The fourth-order valence-corrected chi connectivity index (χ4v) is 4.23. The van der Waals surface area contributed by atoms with E-state index in [0.717, 1.165) is 19.1 Å². The van der Waals surface area contributed by atoms with E-state index in [-0.39, 0.29) is 23.0 Å². The van der Waals surface area contributed by atoms with E-state index in [1.165, 1.54) is 0 Å². The van der Waals surface area contributed by atoms with E-state index >= 15 is 0 Å². The minimum atomic E-state index is -2.85. The van der Waals surface area contributed by atoms with Gasteiger partial charge in [0.1, 0.15) is 6.29 Å². The Bertz CT molecular complexity index is 360. The Hall–Kier alpha value is -0.420. The molecule has 0 N–H and O–H groups in total. The molecule has 0 saturated carbocycles. The second-order valence-electron chi connectivity index (χ2n) is 5.16. The number of carbonyl (C=O) groups is 1. The van der Waals surface area contributed by atoms with Gasteiger partial charge in [0.15, 0.2) is 9.84 Å². The quantitative estimate of drug-likeness (QED) is 0.672. The van der Waals surface area contributed by atoms with Gasteiger partial charge in [0.2, 0.25) is 0 Å². The monoisotopic (exact) mass is 261 g/mol. The molecule has 0 amide bonds. The molecule has 1 fully saturated rings. The van der Waals surface area contributed by atoms with Crippen LogP contribution in [0.4, 0.5) is 0 Å². The predicted molar refractivity (Wildman–Crippen MR) is 68.8 cm³/mol. The zero-order valence-corrected chi connectivity index (χ0v) is 11.8. The number of hydrogen-bond acceptors (Lipinski definition) is 4. The highest BCUT2D eigenvalue weighted by molar-refractivity contribution is 7.91. The van der Waals surface area contributed by atoms with Crippen LogP contribution in [0.25, 0.3) is 0 Å². The van der Waals surface area contributed by atoms with Crippen molar-refractivity contribution < 1.29 is 13.2 Å². The van der Waals surface area contributed by atoms with Crippen LogP contribution in [0.15, 0.2) is 0 Å². The topological polar surface area (TPSA) is 54.5 Å². The third-order valence-electron chi connectivity index (χ3n) is 4.05. The molecule has 5 heteroatoms. The summed E-state index contributed by atoms with van der Waals surface area (Å²) in [5.41, 5.74) is -0.318. The molecule has 0 aromatic heterocycles. The maximum absolute atomic E-state index is 11.4. The lowest BCUT2D eigenvalue weighted by atomic mass is 9.83. The number of sulfone groups is 1. The maximum atomic E-state index is 11.4. The molecule has 0 aromatic rings. The summed E-state index contributed by atoms with van der Waals surface area (Å²) >= 11 is 0. The van der Waals surface area contributed by atoms with Crippen molar-refractivity contribution in [2.24, 2.45) is 5.41 Å². The van der Waals surface area contributed by atoms with Gasteiger partial charge in [0.05, 0.1) is 11.5 Å². The van der Waals surface area contributed by atoms with E-state index < -0.39 is 9.84 Å². The second kappa shape index (κ2) is 5.48. The summed E-state index contributed by atoms with van der Waals surface area (Å²) in [6.45, 7) is 4.68. The highest BCUT2D eigenvalue weighted by Gasteiger charge is 2.34. The number of aldehydes is 1. The van der Waals surface area contributed by atoms with Gasteiger partial charge in [-0.15, -0.1) is 0 Å². The van der Waals surface area contributed by atoms with Crippen molar-refractivity contribution in [1.29, 1.82) is 0 Å². The van der Waals surface area contributed by atoms with Crippen LogP contribution in [0.2, 0.25) is 0 Å². The molecule has 0 aliphatic carbocycles. The van der Waals surface area contributed by atoms with Crippen LogP contribution in [-0.4, -0.2) is 50.7 Å².